The molecule has 0 bridgehead atoms. The van der Waals surface area contributed by atoms with Crippen molar-refractivity contribution in [1.29, 1.82) is 0 Å². The fourth-order valence-corrected chi connectivity index (χ4v) is 4.94. The minimum Gasteiger partial charge on any atom is -0.338 e. The Labute approximate surface area is 211 Å². The Morgan fingerprint density at radius 2 is 1.91 bits per heavy atom. The maximum absolute atomic E-state index is 13.7. The number of para-hydroxylation sites is 1. The molecule has 0 fully saturated rings. The summed E-state index contributed by atoms with van der Waals surface area (Å²) in [7, 11) is 0. The number of rotatable bonds is 5. The highest BCUT2D eigenvalue weighted by atomic mass is 35.5. The SMILES string of the molecule is Cc1nn(-c2ccccc2)c2c1CN(C(=O)NCCC(C)C)[C@H](c1cccc(Cl)c1)c1cccn1-2. The first kappa shape index (κ1) is 23.2. The van der Waals surface area contributed by atoms with E-state index in [2.05, 4.69) is 29.8 Å². The van der Waals surface area contributed by atoms with Crippen molar-refractivity contribution in [2.45, 2.75) is 39.8 Å². The molecule has 35 heavy (non-hydrogen) atoms. The summed E-state index contributed by atoms with van der Waals surface area (Å²) < 4.78 is 4.14. The molecule has 6 nitrogen and oxygen atoms in total. The van der Waals surface area contributed by atoms with Gasteiger partial charge in [0.1, 0.15) is 5.82 Å². The summed E-state index contributed by atoms with van der Waals surface area (Å²) in [4.78, 5) is 15.6. The minimum atomic E-state index is -0.307. The predicted molar refractivity (Wildman–Crippen MR) is 139 cm³/mol. The Kier molecular flexibility index (Phi) is 6.39. The van der Waals surface area contributed by atoms with E-state index >= 15 is 0 Å². The smallest absolute Gasteiger partial charge is 0.318 e. The number of halogens is 1. The van der Waals surface area contributed by atoms with Crippen LogP contribution in [0.2, 0.25) is 5.02 Å². The van der Waals surface area contributed by atoms with Gasteiger partial charge >= 0.3 is 6.03 Å². The number of carbonyl (C=O) groups is 1. The van der Waals surface area contributed by atoms with Crippen LogP contribution < -0.4 is 5.32 Å². The highest BCUT2D eigenvalue weighted by molar-refractivity contribution is 6.30. The number of aromatic nitrogens is 3. The maximum Gasteiger partial charge on any atom is 0.318 e. The van der Waals surface area contributed by atoms with Gasteiger partial charge < -0.3 is 14.8 Å². The van der Waals surface area contributed by atoms with Gasteiger partial charge in [-0.25, -0.2) is 9.48 Å². The lowest BCUT2D eigenvalue weighted by atomic mass is 10.0. The zero-order valence-electron chi connectivity index (χ0n) is 20.3. The molecule has 1 atom stereocenters. The van der Waals surface area contributed by atoms with Crippen LogP contribution in [0.25, 0.3) is 11.5 Å². The molecule has 0 aliphatic carbocycles. The van der Waals surface area contributed by atoms with E-state index in [9.17, 15) is 4.79 Å². The second kappa shape index (κ2) is 9.62. The standard InChI is InChI=1S/C28H30ClN5O/c1-19(2)14-15-30-28(35)33-18-24-20(3)31-34(23-11-5-4-6-12-23)27(24)32-16-8-13-25(32)26(33)21-9-7-10-22(29)17-21/h4-13,16-17,19,26H,14-15,18H2,1-3H3,(H,30,35)/t26-/m1/s1. The predicted octanol–water partition coefficient (Wildman–Crippen LogP) is 6.29. The van der Waals surface area contributed by atoms with E-state index in [1.54, 1.807) is 0 Å². The third-order valence-corrected chi connectivity index (χ3v) is 6.75. The summed E-state index contributed by atoms with van der Waals surface area (Å²) >= 11 is 6.41. The summed E-state index contributed by atoms with van der Waals surface area (Å²) in [5.74, 6) is 1.47. The molecule has 0 saturated heterocycles. The molecule has 4 aromatic rings. The molecule has 3 heterocycles. The second-order valence-corrected chi connectivity index (χ2v) is 9.87. The highest BCUT2D eigenvalue weighted by Crippen LogP contribution is 2.38. The Hall–Kier alpha value is -3.51. The molecule has 0 radical (unpaired) electrons. The Balaban J connectivity index is 1.67. The summed E-state index contributed by atoms with van der Waals surface area (Å²) in [6.45, 7) is 7.39. The molecule has 0 saturated carbocycles. The molecular weight excluding hydrogens is 458 g/mol. The van der Waals surface area contributed by atoms with Gasteiger partial charge in [-0.2, -0.15) is 5.10 Å². The van der Waals surface area contributed by atoms with Crippen molar-refractivity contribution in [3.8, 4) is 11.5 Å². The number of hydrogen-bond acceptors (Lipinski definition) is 2. The van der Waals surface area contributed by atoms with E-state index in [-0.39, 0.29) is 12.1 Å². The van der Waals surface area contributed by atoms with E-state index < -0.39 is 0 Å². The average Bonchev–Trinajstić information content (AvgIpc) is 3.40. The van der Waals surface area contributed by atoms with Crippen LogP contribution in [0.5, 0.6) is 0 Å². The van der Waals surface area contributed by atoms with Crippen molar-refractivity contribution >= 4 is 17.6 Å². The molecule has 180 valence electrons. The molecular formula is C28H30ClN5O. The van der Waals surface area contributed by atoms with Crippen LogP contribution in [0.15, 0.2) is 72.9 Å². The highest BCUT2D eigenvalue weighted by Gasteiger charge is 2.35. The number of aryl methyl sites for hydroxylation is 1. The molecule has 1 N–H and O–H groups in total. The number of urea groups is 1. The van der Waals surface area contributed by atoms with Gasteiger partial charge in [-0.3, -0.25) is 0 Å². The molecule has 2 amide bonds. The number of fused-ring (bicyclic) bond motifs is 3. The van der Waals surface area contributed by atoms with Crippen molar-refractivity contribution in [2.75, 3.05) is 6.54 Å². The summed E-state index contributed by atoms with van der Waals surface area (Å²) in [6, 6.07) is 21.6. The van der Waals surface area contributed by atoms with Crippen LogP contribution in [0.4, 0.5) is 4.79 Å². The first-order chi connectivity index (χ1) is 16.9. The molecule has 0 unspecified atom stereocenters. The van der Waals surface area contributed by atoms with Crippen LogP contribution in [-0.4, -0.2) is 31.8 Å². The Morgan fingerprint density at radius 3 is 2.66 bits per heavy atom. The number of nitrogens with one attached hydrogen (secondary N) is 1. The number of amides is 2. The van der Waals surface area contributed by atoms with Crippen molar-refractivity contribution in [2.24, 2.45) is 5.92 Å². The molecule has 2 aromatic carbocycles. The minimum absolute atomic E-state index is 0.0944. The van der Waals surface area contributed by atoms with Gasteiger partial charge in [0.2, 0.25) is 0 Å². The number of benzene rings is 2. The van der Waals surface area contributed by atoms with Crippen LogP contribution in [0, 0.1) is 12.8 Å². The quantitative estimate of drug-likeness (QED) is 0.360. The zero-order valence-corrected chi connectivity index (χ0v) is 21.0. The second-order valence-electron chi connectivity index (χ2n) is 9.44. The van der Waals surface area contributed by atoms with Gasteiger partial charge in [0, 0.05) is 23.3 Å². The van der Waals surface area contributed by atoms with Crippen molar-refractivity contribution in [3.63, 3.8) is 0 Å². The molecule has 2 aromatic heterocycles. The number of carbonyl (C=O) groups excluding carboxylic acids is 1. The molecule has 1 aliphatic heterocycles. The third-order valence-electron chi connectivity index (χ3n) is 6.51. The van der Waals surface area contributed by atoms with Gasteiger partial charge in [-0.1, -0.05) is 55.8 Å². The monoisotopic (exact) mass is 487 g/mol. The first-order valence-electron chi connectivity index (χ1n) is 12.1. The third kappa shape index (κ3) is 4.46. The number of hydrogen-bond donors (Lipinski definition) is 1. The molecule has 5 rings (SSSR count). The van der Waals surface area contributed by atoms with Crippen LogP contribution in [-0.2, 0) is 6.54 Å². The van der Waals surface area contributed by atoms with Crippen LogP contribution >= 0.6 is 11.6 Å². The van der Waals surface area contributed by atoms with Gasteiger partial charge in [0.25, 0.3) is 0 Å². The van der Waals surface area contributed by atoms with E-state index in [4.69, 9.17) is 16.7 Å². The fourth-order valence-electron chi connectivity index (χ4n) is 4.75. The fraction of sp³-hybridized carbons (Fsp3) is 0.286. The lowest BCUT2D eigenvalue weighted by Gasteiger charge is -2.31. The first-order valence-corrected chi connectivity index (χ1v) is 12.4. The summed E-state index contributed by atoms with van der Waals surface area (Å²) in [5, 5.41) is 8.69. The average molecular weight is 488 g/mol. The molecule has 1 aliphatic rings. The Bertz CT molecular complexity index is 1340. The van der Waals surface area contributed by atoms with E-state index in [0.717, 1.165) is 40.4 Å². The van der Waals surface area contributed by atoms with E-state index in [0.29, 0.717) is 24.0 Å². The van der Waals surface area contributed by atoms with Gasteiger partial charge in [-0.05, 0) is 61.2 Å². The maximum atomic E-state index is 13.7. The van der Waals surface area contributed by atoms with Gasteiger partial charge in [0.05, 0.1) is 29.7 Å². The normalized spacial score (nSPS) is 15.0. The van der Waals surface area contributed by atoms with Crippen molar-refractivity contribution in [1.82, 2.24) is 24.6 Å². The van der Waals surface area contributed by atoms with Crippen LogP contribution in [0.1, 0.15) is 48.8 Å². The van der Waals surface area contributed by atoms with E-state index in [1.807, 2.05) is 83.4 Å². The largest absolute Gasteiger partial charge is 0.338 e. The summed E-state index contributed by atoms with van der Waals surface area (Å²) in [6.07, 6.45) is 2.97. The summed E-state index contributed by atoms with van der Waals surface area (Å²) in [5.41, 5.74) is 4.86. The van der Waals surface area contributed by atoms with Crippen LogP contribution in [0.3, 0.4) is 0 Å². The van der Waals surface area contributed by atoms with Crippen molar-refractivity contribution < 1.29 is 4.79 Å². The molecule has 7 heteroatoms. The zero-order chi connectivity index (χ0) is 24.5. The topological polar surface area (TPSA) is 55.1 Å². The van der Waals surface area contributed by atoms with Gasteiger partial charge in [0.15, 0.2) is 0 Å². The lowest BCUT2D eigenvalue weighted by molar-refractivity contribution is 0.180. The van der Waals surface area contributed by atoms with E-state index in [1.165, 1.54) is 0 Å². The lowest BCUT2D eigenvalue weighted by Crippen LogP contribution is -2.42. The van der Waals surface area contributed by atoms with Crippen molar-refractivity contribution in [3.05, 3.63) is 100 Å². The van der Waals surface area contributed by atoms with Gasteiger partial charge in [-0.15, -0.1) is 0 Å². The number of nitrogens with zero attached hydrogens (tertiary/aromatic N) is 4. The Morgan fingerprint density at radius 1 is 1.11 bits per heavy atom. The molecule has 0 spiro atoms.